The second-order valence-electron chi connectivity index (χ2n) is 5.59. The molecule has 3 nitrogen and oxygen atoms in total. The fourth-order valence-corrected chi connectivity index (χ4v) is 3.31. The highest BCUT2D eigenvalue weighted by atomic mass is 79.9. The van der Waals surface area contributed by atoms with Crippen LogP contribution in [-0.2, 0) is 0 Å². The highest BCUT2D eigenvalue weighted by Gasteiger charge is 2.25. The summed E-state index contributed by atoms with van der Waals surface area (Å²) in [7, 11) is 1.88. The number of halogens is 2. The summed E-state index contributed by atoms with van der Waals surface area (Å²) in [5.74, 6) is -0.881. The van der Waals surface area contributed by atoms with E-state index < -0.39 is 11.8 Å². The van der Waals surface area contributed by atoms with E-state index in [1.807, 2.05) is 11.9 Å². The number of carboxylic acids is 1. The molecule has 2 rings (SSSR count). The van der Waals surface area contributed by atoms with Crippen LogP contribution < -0.4 is 4.90 Å². The third kappa shape index (κ3) is 2.97. The minimum absolute atomic E-state index is 0.0264. The van der Waals surface area contributed by atoms with E-state index in [1.165, 1.54) is 6.07 Å². The van der Waals surface area contributed by atoms with E-state index in [-0.39, 0.29) is 10.0 Å². The summed E-state index contributed by atoms with van der Waals surface area (Å²) in [6, 6.07) is 3.33. The molecule has 1 N–H and O–H groups in total. The molecule has 0 aliphatic heterocycles. The van der Waals surface area contributed by atoms with E-state index in [0.29, 0.717) is 11.7 Å². The predicted molar refractivity (Wildman–Crippen MR) is 80.9 cm³/mol. The van der Waals surface area contributed by atoms with Crippen LogP contribution in [0.4, 0.5) is 10.1 Å². The summed E-state index contributed by atoms with van der Waals surface area (Å²) in [6.07, 6.45) is 4.42. The first kappa shape index (κ1) is 15.3. The van der Waals surface area contributed by atoms with Crippen LogP contribution in [0.2, 0.25) is 0 Å². The van der Waals surface area contributed by atoms with Crippen LogP contribution in [0, 0.1) is 11.7 Å². The fourth-order valence-electron chi connectivity index (χ4n) is 2.80. The second-order valence-corrected chi connectivity index (χ2v) is 6.38. The topological polar surface area (TPSA) is 40.5 Å². The van der Waals surface area contributed by atoms with Crippen LogP contribution >= 0.6 is 15.9 Å². The molecular formula is C15H19BrFNO2. The molecule has 0 aromatic heterocycles. The minimum atomic E-state index is -1.13. The second kappa shape index (κ2) is 6.12. The normalized spacial score (nSPS) is 22.6. The number of hydrogen-bond donors (Lipinski definition) is 1. The molecule has 1 aliphatic carbocycles. The van der Waals surface area contributed by atoms with Crippen LogP contribution in [0.1, 0.15) is 43.0 Å². The maximum atomic E-state index is 14.4. The minimum Gasteiger partial charge on any atom is -0.478 e. The van der Waals surface area contributed by atoms with E-state index >= 15 is 0 Å². The molecule has 0 bridgehead atoms. The van der Waals surface area contributed by atoms with Gasteiger partial charge in [0.05, 0.1) is 15.7 Å². The van der Waals surface area contributed by atoms with Gasteiger partial charge in [0.2, 0.25) is 0 Å². The third-order valence-corrected chi connectivity index (χ3v) is 4.98. The van der Waals surface area contributed by atoms with Crippen molar-refractivity contribution in [3.05, 3.63) is 28.0 Å². The average molecular weight is 344 g/mol. The van der Waals surface area contributed by atoms with E-state index in [2.05, 4.69) is 22.9 Å². The van der Waals surface area contributed by atoms with E-state index in [0.717, 1.165) is 31.6 Å². The van der Waals surface area contributed by atoms with Crippen molar-refractivity contribution in [3.63, 3.8) is 0 Å². The van der Waals surface area contributed by atoms with Crippen molar-refractivity contribution in [1.29, 1.82) is 0 Å². The van der Waals surface area contributed by atoms with Gasteiger partial charge in [0, 0.05) is 13.1 Å². The maximum absolute atomic E-state index is 14.4. The molecule has 1 aromatic rings. The summed E-state index contributed by atoms with van der Waals surface area (Å²) in [4.78, 5) is 12.9. The van der Waals surface area contributed by atoms with Crippen molar-refractivity contribution in [3.8, 4) is 0 Å². The Labute approximate surface area is 126 Å². The van der Waals surface area contributed by atoms with Gasteiger partial charge < -0.3 is 10.0 Å². The van der Waals surface area contributed by atoms with Gasteiger partial charge in [0.15, 0.2) is 5.82 Å². The smallest absolute Gasteiger partial charge is 0.336 e. The summed E-state index contributed by atoms with van der Waals surface area (Å²) < 4.78 is 14.4. The lowest BCUT2D eigenvalue weighted by Crippen LogP contribution is -2.35. The van der Waals surface area contributed by atoms with Gasteiger partial charge in [0.25, 0.3) is 0 Å². The summed E-state index contributed by atoms with van der Waals surface area (Å²) in [5.41, 5.74) is 0.415. The molecule has 0 saturated heterocycles. The summed E-state index contributed by atoms with van der Waals surface area (Å²) in [5, 5.41) is 8.99. The van der Waals surface area contributed by atoms with Crippen LogP contribution in [0.15, 0.2) is 16.6 Å². The van der Waals surface area contributed by atoms with Gasteiger partial charge in [-0.3, -0.25) is 0 Å². The first-order valence-corrected chi connectivity index (χ1v) is 7.65. The van der Waals surface area contributed by atoms with Crippen molar-refractivity contribution in [2.75, 3.05) is 11.9 Å². The molecule has 1 saturated carbocycles. The fraction of sp³-hybridized carbons (Fsp3) is 0.533. The van der Waals surface area contributed by atoms with Gasteiger partial charge in [-0.2, -0.15) is 0 Å². The Morgan fingerprint density at radius 3 is 2.50 bits per heavy atom. The van der Waals surface area contributed by atoms with Crippen molar-refractivity contribution >= 4 is 27.6 Å². The summed E-state index contributed by atoms with van der Waals surface area (Å²) in [6.45, 7) is 2.25. The average Bonchev–Trinajstić information content (AvgIpc) is 2.41. The number of aromatic carboxylic acids is 1. The first-order valence-electron chi connectivity index (χ1n) is 6.86. The highest BCUT2D eigenvalue weighted by molar-refractivity contribution is 9.10. The SMILES string of the molecule is CC1CCC(N(C)c2ccc(C(=O)O)c(Br)c2F)CC1. The molecule has 20 heavy (non-hydrogen) atoms. The Morgan fingerprint density at radius 1 is 1.35 bits per heavy atom. The molecule has 5 heteroatoms. The lowest BCUT2D eigenvalue weighted by molar-refractivity contribution is 0.0695. The molecule has 0 radical (unpaired) electrons. The molecule has 0 atom stereocenters. The summed E-state index contributed by atoms with van der Waals surface area (Å²) >= 11 is 3.05. The Bertz CT molecular complexity index is 513. The number of carboxylic acid groups (broad SMARTS) is 1. The molecule has 1 aliphatic rings. The van der Waals surface area contributed by atoms with Crippen molar-refractivity contribution in [2.24, 2.45) is 5.92 Å². The monoisotopic (exact) mass is 343 g/mol. The lowest BCUT2D eigenvalue weighted by atomic mass is 9.86. The van der Waals surface area contributed by atoms with Crippen molar-refractivity contribution < 1.29 is 14.3 Å². The van der Waals surface area contributed by atoms with Gasteiger partial charge in [-0.05, 0) is 59.7 Å². The van der Waals surface area contributed by atoms with Crippen LogP contribution in [0.3, 0.4) is 0 Å². The number of rotatable bonds is 3. The zero-order valence-corrected chi connectivity index (χ0v) is 13.3. The van der Waals surface area contributed by atoms with Gasteiger partial charge in [0.1, 0.15) is 0 Å². The van der Waals surface area contributed by atoms with Gasteiger partial charge in [-0.15, -0.1) is 0 Å². The van der Waals surface area contributed by atoms with Crippen LogP contribution in [0.25, 0.3) is 0 Å². The Morgan fingerprint density at radius 2 is 1.95 bits per heavy atom. The van der Waals surface area contributed by atoms with Gasteiger partial charge in [-0.25, -0.2) is 9.18 Å². The van der Waals surface area contributed by atoms with Gasteiger partial charge in [-0.1, -0.05) is 6.92 Å². The number of hydrogen-bond acceptors (Lipinski definition) is 2. The molecule has 0 unspecified atom stereocenters. The molecule has 1 aromatic carbocycles. The largest absolute Gasteiger partial charge is 0.478 e. The molecule has 1 fully saturated rings. The van der Waals surface area contributed by atoms with E-state index in [9.17, 15) is 9.18 Å². The Hall–Kier alpha value is -1.10. The van der Waals surface area contributed by atoms with Gasteiger partial charge >= 0.3 is 5.97 Å². The van der Waals surface area contributed by atoms with Crippen LogP contribution in [-0.4, -0.2) is 24.2 Å². The van der Waals surface area contributed by atoms with Crippen molar-refractivity contribution in [1.82, 2.24) is 0 Å². The number of carbonyl (C=O) groups is 1. The number of anilines is 1. The van der Waals surface area contributed by atoms with E-state index in [4.69, 9.17) is 5.11 Å². The van der Waals surface area contributed by atoms with Crippen molar-refractivity contribution in [2.45, 2.75) is 38.6 Å². The molecule has 0 heterocycles. The zero-order chi connectivity index (χ0) is 14.9. The highest BCUT2D eigenvalue weighted by Crippen LogP contribution is 2.34. The Balaban J connectivity index is 2.24. The first-order chi connectivity index (χ1) is 9.41. The predicted octanol–water partition coefficient (Wildman–Crippen LogP) is 4.30. The Kier molecular flexibility index (Phi) is 4.68. The molecule has 110 valence electrons. The maximum Gasteiger partial charge on any atom is 0.336 e. The lowest BCUT2D eigenvalue weighted by Gasteiger charge is -2.35. The number of benzene rings is 1. The molecule has 0 spiro atoms. The van der Waals surface area contributed by atoms with Crippen LogP contribution in [0.5, 0.6) is 0 Å². The number of nitrogens with zero attached hydrogens (tertiary/aromatic N) is 1. The third-order valence-electron chi connectivity index (χ3n) is 4.21. The van der Waals surface area contributed by atoms with E-state index in [1.54, 1.807) is 6.07 Å². The zero-order valence-electron chi connectivity index (χ0n) is 11.7. The molecule has 0 amide bonds. The standard InChI is InChI=1S/C15H19BrFNO2/c1-9-3-5-10(6-4-9)18(2)12-8-7-11(15(19)20)13(16)14(12)17/h7-10H,3-6H2,1-2H3,(H,19,20). The molecular weight excluding hydrogens is 325 g/mol. The quantitative estimate of drug-likeness (QED) is 0.889.